The largest absolute Gasteiger partial charge is 0.387 e. The summed E-state index contributed by atoms with van der Waals surface area (Å²) in [6, 6.07) is 0. The first kappa shape index (κ1) is 16.6. The maximum absolute atomic E-state index is 10.6. The van der Waals surface area contributed by atoms with E-state index in [4.69, 9.17) is 10.5 Å². The summed E-state index contributed by atoms with van der Waals surface area (Å²) in [5.74, 6) is 0.477. The molecule has 4 rings (SSSR count). The Labute approximate surface area is 145 Å². The second-order valence-corrected chi connectivity index (χ2v) is 7.15. The fourth-order valence-electron chi connectivity index (χ4n) is 3.99. The van der Waals surface area contributed by atoms with Gasteiger partial charge in [0.15, 0.2) is 17.7 Å². The van der Waals surface area contributed by atoms with Crippen molar-refractivity contribution in [1.82, 2.24) is 24.4 Å². The third kappa shape index (κ3) is 2.50. The van der Waals surface area contributed by atoms with Gasteiger partial charge in [-0.1, -0.05) is 6.92 Å². The van der Waals surface area contributed by atoms with Crippen LogP contribution in [-0.2, 0) is 4.74 Å². The number of nitrogen functional groups attached to an aromatic ring is 1. The van der Waals surface area contributed by atoms with E-state index >= 15 is 0 Å². The molecule has 5 atom stereocenters. The number of hydrogen-bond donors (Lipinski definition) is 3. The van der Waals surface area contributed by atoms with Crippen LogP contribution in [0.15, 0.2) is 12.7 Å². The lowest BCUT2D eigenvalue weighted by atomic mass is 10.1. The number of anilines is 1. The Morgan fingerprint density at radius 3 is 2.96 bits per heavy atom. The van der Waals surface area contributed by atoms with E-state index in [9.17, 15) is 10.2 Å². The van der Waals surface area contributed by atoms with Crippen LogP contribution in [0.1, 0.15) is 26.0 Å². The zero-order valence-electron chi connectivity index (χ0n) is 14.4. The molecule has 2 unspecified atom stereocenters. The van der Waals surface area contributed by atoms with Crippen LogP contribution >= 0.6 is 0 Å². The van der Waals surface area contributed by atoms with E-state index in [1.54, 1.807) is 4.57 Å². The predicted molar refractivity (Wildman–Crippen MR) is 90.5 cm³/mol. The smallest absolute Gasteiger partial charge is 0.167 e. The van der Waals surface area contributed by atoms with Crippen LogP contribution in [0.25, 0.3) is 11.2 Å². The Morgan fingerprint density at radius 1 is 1.40 bits per heavy atom. The van der Waals surface area contributed by atoms with E-state index in [0.717, 1.165) is 25.9 Å². The quantitative estimate of drug-likeness (QED) is 0.677. The Hall–Kier alpha value is -1.81. The first-order chi connectivity index (χ1) is 12.0. The predicted octanol–water partition coefficient (Wildman–Crippen LogP) is -0.240. The Morgan fingerprint density at radius 2 is 2.20 bits per heavy atom. The SMILES string of the molecule is CCCN(C)C[C@H]1C[C@]12OC(n1cnc3c(N)ncnc31)C(O)[C@H]2O. The molecule has 1 aliphatic carbocycles. The molecule has 1 saturated heterocycles. The van der Waals surface area contributed by atoms with E-state index in [0.29, 0.717) is 11.2 Å². The van der Waals surface area contributed by atoms with Crippen molar-refractivity contribution in [2.45, 2.75) is 43.8 Å². The number of nitrogens with two attached hydrogens (primary N) is 1. The fourth-order valence-corrected chi connectivity index (χ4v) is 3.99. The number of hydrogen-bond acceptors (Lipinski definition) is 8. The first-order valence-electron chi connectivity index (χ1n) is 8.63. The number of fused-ring (bicyclic) bond motifs is 1. The minimum absolute atomic E-state index is 0.202. The number of rotatable bonds is 5. The second-order valence-electron chi connectivity index (χ2n) is 7.15. The van der Waals surface area contributed by atoms with Gasteiger partial charge in [-0.2, -0.15) is 0 Å². The molecular formula is C16H24N6O3. The number of ether oxygens (including phenoxy) is 1. The number of aromatic nitrogens is 4. The molecular weight excluding hydrogens is 324 g/mol. The van der Waals surface area contributed by atoms with E-state index in [1.807, 2.05) is 0 Å². The number of imidazole rings is 1. The molecule has 2 fully saturated rings. The third-order valence-electron chi connectivity index (χ3n) is 5.35. The van der Waals surface area contributed by atoms with Crippen LogP contribution in [0.4, 0.5) is 5.82 Å². The van der Waals surface area contributed by atoms with Gasteiger partial charge < -0.3 is 25.6 Å². The van der Waals surface area contributed by atoms with Gasteiger partial charge >= 0.3 is 0 Å². The molecule has 2 aromatic rings. The number of aliphatic hydroxyl groups is 2. The maximum Gasteiger partial charge on any atom is 0.167 e. The molecule has 3 heterocycles. The Bertz CT molecular complexity index is 782. The molecule has 1 spiro atoms. The van der Waals surface area contributed by atoms with Crippen LogP contribution in [0.3, 0.4) is 0 Å². The lowest BCUT2D eigenvalue weighted by Gasteiger charge is -2.19. The molecule has 25 heavy (non-hydrogen) atoms. The van der Waals surface area contributed by atoms with Crippen molar-refractivity contribution in [2.24, 2.45) is 5.92 Å². The first-order valence-corrected chi connectivity index (χ1v) is 8.63. The number of nitrogens with zero attached hydrogens (tertiary/aromatic N) is 5. The average molecular weight is 348 g/mol. The van der Waals surface area contributed by atoms with Crippen LogP contribution in [0.5, 0.6) is 0 Å². The van der Waals surface area contributed by atoms with Crippen molar-refractivity contribution >= 4 is 17.0 Å². The van der Waals surface area contributed by atoms with Gasteiger partial charge in [-0.25, -0.2) is 15.0 Å². The summed E-state index contributed by atoms with van der Waals surface area (Å²) in [5.41, 5.74) is 6.07. The zero-order chi connectivity index (χ0) is 17.8. The molecule has 0 radical (unpaired) electrons. The normalized spacial score (nSPS) is 34.4. The molecule has 1 saturated carbocycles. The van der Waals surface area contributed by atoms with Crippen molar-refractivity contribution in [3.8, 4) is 0 Å². The van der Waals surface area contributed by atoms with E-state index < -0.39 is 24.0 Å². The van der Waals surface area contributed by atoms with Crippen LogP contribution in [0, 0.1) is 5.92 Å². The Kier molecular flexibility index (Phi) is 3.91. The van der Waals surface area contributed by atoms with E-state index in [1.165, 1.54) is 12.7 Å². The lowest BCUT2D eigenvalue weighted by Crippen LogP contribution is -2.35. The molecule has 4 N–H and O–H groups in total. The monoisotopic (exact) mass is 348 g/mol. The molecule has 0 aromatic carbocycles. The van der Waals surface area contributed by atoms with Crippen molar-refractivity contribution in [3.63, 3.8) is 0 Å². The van der Waals surface area contributed by atoms with Crippen LogP contribution in [-0.4, -0.2) is 72.6 Å². The summed E-state index contributed by atoms with van der Waals surface area (Å²) in [5, 5.41) is 21.2. The summed E-state index contributed by atoms with van der Waals surface area (Å²) in [6.45, 7) is 3.97. The van der Waals surface area contributed by atoms with Crippen molar-refractivity contribution in [2.75, 3.05) is 25.9 Å². The maximum atomic E-state index is 10.6. The lowest BCUT2D eigenvalue weighted by molar-refractivity contribution is -0.0546. The van der Waals surface area contributed by atoms with Gasteiger partial charge in [0.05, 0.1) is 6.33 Å². The van der Waals surface area contributed by atoms with Gasteiger partial charge in [0.2, 0.25) is 0 Å². The molecule has 2 aromatic heterocycles. The standard InChI is InChI=1S/C16H24N6O3/c1-3-4-21(2)6-9-5-16(9)12(24)11(23)15(25-16)22-8-20-10-13(17)18-7-19-14(10)22/h7-9,11-12,15,23-24H,3-6H2,1-2H3,(H2,17,18,19)/t9-,11?,12-,15?,16+/m1/s1. The minimum atomic E-state index is -1.05. The average Bonchev–Trinajstić information content (AvgIpc) is 2.97. The van der Waals surface area contributed by atoms with Gasteiger partial charge in [0.1, 0.15) is 29.7 Å². The van der Waals surface area contributed by atoms with Gasteiger partial charge in [-0.05, 0) is 26.4 Å². The summed E-state index contributed by atoms with van der Waals surface area (Å²) < 4.78 is 7.79. The van der Waals surface area contributed by atoms with Gasteiger partial charge in [0, 0.05) is 12.5 Å². The summed E-state index contributed by atoms with van der Waals surface area (Å²) in [6.07, 6.45) is 1.96. The van der Waals surface area contributed by atoms with E-state index in [2.05, 4.69) is 33.8 Å². The van der Waals surface area contributed by atoms with Crippen molar-refractivity contribution in [1.29, 1.82) is 0 Å². The molecule has 2 aliphatic rings. The summed E-state index contributed by atoms with van der Waals surface area (Å²) in [7, 11) is 2.06. The molecule has 0 amide bonds. The van der Waals surface area contributed by atoms with Crippen LogP contribution in [0.2, 0.25) is 0 Å². The Balaban J connectivity index is 1.58. The molecule has 1 aliphatic heterocycles. The summed E-state index contributed by atoms with van der Waals surface area (Å²) in [4.78, 5) is 14.6. The highest BCUT2D eigenvalue weighted by molar-refractivity contribution is 5.81. The highest BCUT2D eigenvalue weighted by atomic mass is 16.6. The molecule has 9 heteroatoms. The third-order valence-corrected chi connectivity index (χ3v) is 5.35. The van der Waals surface area contributed by atoms with Gasteiger partial charge in [0.25, 0.3) is 0 Å². The molecule has 136 valence electrons. The molecule has 9 nitrogen and oxygen atoms in total. The van der Waals surface area contributed by atoms with Crippen molar-refractivity contribution in [3.05, 3.63) is 12.7 Å². The van der Waals surface area contributed by atoms with Crippen molar-refractivity contribution < 1.29 is 14.9 Å². The number of aliphatic hydroxyl groups excluding tert-OH is 2. The second kappa shape index (κ2) is 5.87. The summed E-state index contributed by atoms with van der Waals surface area (Å²) >= 11 is 0. The van der Waals surface area contributed by atoms with Crippen LogP contribution < -0.4 is 5.73 Å². The highest BCUT2D eigenvalue weighted by Gasteiger charge is 2.68. The minimum Gasteiger partial charge on any atom is -0.387 e. The van der Waals surface area contributed by atoms with Gasteiger partial charge in [-0.3, -0.25) is 4.57 Å². The topological polar surface area (TPSA) is 123 Å². The van der Waals surface area contributed by atoms with Gasteiger partial charge in [-0.15, -0.1) is 0 Å². The highest BCUT2D eigenvalue weighted by Crippen LogP contribution is 2.57. The molecule has 0 bridgehead atoms. The fraction of sp³-hybridized carbons (Fsp3) is 0.688. The zero-order valence-corrected chi connectivity index (χ0v) is 14.4. The van der Waals surface area contributed by atoms with E-state index in [-0.39, 0.29) is 11.7 Å².